The first-order valence-corrected chi connectivity index (χ1v) is 10.1. The minimum absolute atomic E-state index is 0.0315. The van der Waals surface area contributed by atoms with Crippen molar-refractivity contribution in [1.82, 2.24) is 9.80 Å². The Hall–Kier alpha value is -3.48. The highest BCUT2D eigenvalue weighted by atomic mass is 19.1. The lowest BCUT2D eigenvalue weighted by Crippen LogP contribution is -2.43. The lowest BCUT2D eigenvalue weighted by atomic mass is 10.1. The fourth-order valence-corrected chi connectivity index (χ4v) is 3.42. The van der Waals surface area contributed by atoms with E-state index in [1.807, 2.05) is 0 Å². The molecule has 0 bridgehead atoms. The first kappa shape index (κ1) is 20.8. The topological polar surface area (TPSA) is 53.8 Å². The van der Waals surface area contributed by atoms with Gasteiger partial charge in [-0.3, -0.25) is 9.59 Å². The molecule has 0 spiro atoms. The van der Waals surface area contributed by atoms with E-state index in [0.29, 0.717) is 5.76 Å². The molecule has 0 N–H and O–H groups in total. The quantitative estimate of drug-likeness (QED) is 0.539. The molecule has 1 aliphatic rings. The molecule has 2 aromatic carbocycles. The van der Waals surface area contributed by atoms with Crippen molar-refractivity contribution >= 4 is 11.8 Å². The average molecular weight is 424 g/mol. The monoisotopic (exact) mass is 424 g/mol. The van der Waals surface area contributed by atoms with Crippen LogP contribution >= 0.6 is 0 Å². The number of halogens is 2. The third-order valence-corrected chi connectivity index (χ3v) is 5.19. The first-order chi connectivity index (χ1) is 15.0. The molecule has 2 amide bonds. The number of carbonyl (C=O) groups excluding carboxylic acids is 2. The Bertz CT molecular complexity index is 1050. The van der Waals surface area contributed by atoms with Gasteiger partial charge in [-0.25, -0.2) is 8.78 Å². The Morgan fingerprint density at radius 2 is 1.71 bits per heavy atom. The van der Waals surface area contributed by atoms with Gasteiger partial charge in [0.2, 0.25) is 5.91 Å². The number of furan rings is 1. The van der Waals surface area contributed by atoms with E-state index >= 15 is 0 Å². The smallest absolute Gasteiger partial charge is 0.254 e. The molecule has 0 unspecified atom stereocenters. The molecule has 31 heavy (non-hydrogen) atoms. The molecule has 0 radical (unpaired) electrons. The fraction of sp³-hybridized carbons (Fsp3) is 0.250. The highest BCUT2D eigenvalue weighted by molar-refractivity contribution is 5.97. The van der Waals surface area contributed by atoms with Gasteiger partial charge in [-0.2, -0.15) is 0 Å². The molecule has 0 atom stereocenters. The van der Waals surface area contributed by atoms with Crippen LogP contribution in [0.4, 0.5) is 8.78 Å². The summed E-state index contributed by atoms with van der Waals surface area (Å²) >= 11 is 0. The molecule has 1 saturated carbocycles. The van der Waals surface area contributed by atoms with Crippen LogP contribution < -0.4 is 0 Å². The molecule has 1 fully saturated rings. The number of hydrogen-bond acceptors (Lipinski definition) is 3. The van der Waals surface area contributed by atoms with Crippen molar-refractivity contribution in [3.63, 3.8) is 0 Å². The summed E-state index contributed by atoms with van der Waals surface area (Å²) in [7, 11) is 0. The van der Waals surface area contributed by atoms with Crippen molar-refractivity contribution in [2.75, 3.05) is 6.54 Å². The fourth-order valence-electron chi connectivity index (χ4n) is 3.42. The predicted octanol–water partition coefficient (Wildman–Crippen LogP) is 4.39. The lowest BCUT2D eigenvalue weighted by Gasteiger charge is -2.27. The highest BCUT2D eigenvalue weighted by Gasteiger charge is 2.35. The summed E-state index contributed by atoms with van der Waals surface area (Å²) in [6, 6.07) is 14.9. The van der Waals surface area contributed by atoms with Crippen LogP contribution in [0.5, 0.6) is 0 Å². The van der Waals surface area contributed by atoms with Gasteiger partial charge in [0.05, 0.1) is 12.8 Å². The summed E-state index contributed by atoms with van der Waals surface area (Å²) in [6.45, 7) is 0.338. The third kappa shape index (κ3) is 5.36. The van der Waals surface area contributed by atoms with Crippen LogP contribution in [0.1, 0.15) is 34.5 Å². The molecule has 5 nitrogen and oxygen atoms in total. The molecule has 1 aliphatic carbocycles. The molecule has 1 aromatic heterocycles. The number of hydrogen-bond donors (Lipinski definition) is 0. The summed E-state index contributed by atoms with van der Waals surface area (Å²) in [4.78, 5) is 29.3. The number of benzene rings is 2. The maximum Gasteiger partial charge on any atom is 0.254 e. The molecule has 0 aliphatic heterocycles. The Labute approximate surface area is 178 Å². The van der Waals surface area contributed by atoms with Crippen LogP contribution in [0.2, 0.25) is 0 Å². The molecule has 1 heterocycles. The summed E-state index contributed by atoms with van der Waals surface area (Å²) in [5.41, 5.74) is 0.978. The third-order valence-electron chi connectivity index (χ3n) is 5.19. The summed E-state index contributed by atoms with van der Waals surface area (Å²) < 4.78 is 32.3. The van der Waals surface area contributed by atoms with Crippen LogP contribution in [-0.2, 0) is 17.9 Å². The van der Waals surface area contributed by atoms with Gasteiger partial charge in [-0.1, -0.05) is 18.2 Å². The number of amides is 2. The standard InChI is InChI=1S/C24H22F2N2O3/c25-19-8-6-17(7-9-19)14-27(15-22-5-2-12-31-22)23(29)16-28(21-10-11-21)24(30)18-3-1-4-20(26)13-18/h1-9,12-13,21H,10-11,14-16H2. The van der Waals surface area contributed by atoms with Crippen LogP contribution in [0.3, 0.4) is 0 Å². The van der Waals surface area contributed by atoms with Crippen molar-refractivity contribution in [1.29, 1.82) is 0 Å². The summed E-state index contributed by atoms with van der Waals surface area (Å²) in [5.74, 6) is -0.880. The Morgan fingerprint density at radius 1 is 0.935 bits per heavy atom. The normalized spacial score (nSPS) is 13.1. The molecule has 7 heteroatoms. The molecule has 3 aromatic rings. The van der Waals surface area contributed by atoms with Gasteiger partial charge in [-0.15, -0.1) is 0 Å². The van der Waals surface area contributed by atoms with Gasteiger partial charge in [0.1, 0.15) is 23.9 Å². The van der Waals surface area contributed by atoms with E-state index in [1.165, 1.54) is 41.5 Å². The Morgan fingerprint density at radius 3 is 2.35 bits per heavy atom. The largest absolute Gasteiger partial charge is 0.467 e. The van der Waals surface area contributed by atoms with Crippen LogP contribution in [-0.4, -0.2) is 34.2 Å². The minimum atomic E-state index is -0.497. The second-order valence-electron chi connectivity index (χ2n) is 7.63. The van der Waals surface area contributed by atoms with E-state index in [1.54, 1.807) is 35.2 Å². The van der Waals surface area contributed by atoms with E-state index in [0.717, 1.165) is 18.4 Å². The van der Waals surface area contributed by atoms with Crippen molar-refractivity contribution in [2.45, 2.75) is 32.0 Å². The van der Waals surface area contributed by atoms with Gasteiger partial charge in [0, 0.05) is 18.2 Å². The van der Waals surface area contributed by atoms with Gasteiger partial charge >= 0.3 is 0 Å². The van der Waals surface area contributed by atoms with Crippen molar-refractivity contribution in [3.8, 4) is 0 Å². The van der Waals surface area contributed by atoms with Crippen molar-refractivity contribution < 1.29 is 22.8 Å². The zero-order chi connectivity index (χ0) is 21.8. The minimum Gasteiger partial charge on any atom is -0.467 e. The predicted molar refractivity (Wildman–Crippen MR) is 110 cm³/mol. The first-order valence-electron chi connectivity index (χ1n) is 10.1. The van der Waals surface area contributed by atoms with Gasteiger partial charge in [0.15, 0.2) is 0 Å². The second kappa shape index (κ2) is 9.12. The van der Waals surface area contributed by atoms with E-state index < -0.39 is 5.82 Å². The Kier molecular flexibility index (Phi) is 6.11. The molecule has 0 saturated heterocycles. The number of nitrogens with zero attached hydrogens (tertiary/aromatic N) is 2. The summed E-state index contributed by atoms with van der Waals surface area (Å²) in [5, 5.41) is 0. The maximum atomic E-state index is 13.6. The average Bonchev–Trinajstić information content (AvgIpc) is 3.48. The van der Waals surface area contributed by atoms with E-state index in [-0.39, 0.29) is 48.9 Å². The maximum absolute atomic E-state index is 13.6. The zero-order valence-electron chi connectivity index (χ0n) is 16.8. The van der Waals surface area contributed by atoms with Gasteiger partial charge in [-0.05, 0) is 60.9 Å². The molecular weight excluding hydrogens is 402 g/mol. The SMILES string of the molecule is O=C(CN(C(=O)c1cccc(F)c1)C1CC1)N(Cc1ccc(F)cc1)Cc1ccco1. The number of carbonyl (C=O) groups is 2. The van der Waals surface area contributed by atoms with E-state index in [4.69, 9.17) is 4.42 Å². The Balaban J connectivity index is 1.53. The van der Waals surface area contributed by atoms with Gasteiger partial charge in [0.25, 0.3) is 5.91 Å². The molecular formula is C24H22F2N2O3. The van der Waals surface area contributed by atoms with Crippen molar-refractivity contribution in [3.05, 3.63) is 95.4 Å². The zero-order valence-corrected chi connectivity index (χ0v) is 16.8. The molecule has 4 rings (SSSR count). The molecule has 160 valence electrons. The van der Waals surface area contributed by atoms with E-state index in [9.17, 15) is 18.4 Å². The van der Waals surface area contributed by atoms with Crippen LogP contribution in [0.15, 0.2) is 71.3 Å². The highest BCUT2D eigenvalue weighted by Crippen LogP contribution is 2.28. The lowest BCUT2D eigenvalue weighted by molar-refractivity contribution is -0.133. The van der Waals surface area contributed by atoms with Crippen molar-refractivity contribution in [2.24, 2.45) is 0 Å². The second-order valence-corrected chi connectivity index (χ2v) is 7.63. The van der Waals surface area contributed by atoms with Crippen LogP contribution in [0, 0.1) is 11.6 Å². The van der Waals surface area contributed by atoms with Crippen LogP contribution in [0.25, 0.3) is 0 Å². The summed E-state index contributed by atoms with van der Waals surface area (Å²) in [6.07, 6.45) is 3.15. The van der Waals surface area contributed by atoms with E-state index in [2.05, 4.69) is 0 Å². The number of rotatable bonds is 8. The van der Waals surface area contributed by atoms with Gasteiger partial charge < -0.3 is 14.2 Å².